The van der Waals surface area contributed by atoms with Crippen LogP contribution >= 0.6 is 11.8 Å². The van der Waals surface area contributed by atoms with Crippen molar-refractivity contribution >= 4 is 17.7 Å². The Morgan fingerprint density at radius 1 is 1.79 bits per heavy atom. The van der Waals surface area contributed by atoms with Crippen molar-refractivity contribution in [2.24, 2.45) is 0 Å². The van der Waals surface area contributed by atoms with Gasteiger partial charge in [-0.2, -0.15) is 0 Å². The number of amides is 1. The first-order chi connectivity index (χ1) is 6.86. The SMILES string of the molecule is O=C(NCc1cnc[nH]1)C1CCCS1. The summed E-state index contributed by atoms with van der Waals surface area (Å²) < 4.78 is 0. The fourth-order valence-corrected chi connectivity index (χ4v) is 2.65. The maximum absolute atomic E-state index is 11.6. The predicted octanol–water partition coefficient (Wildman–Crippen LogP) is 0.921. The number of imidazole rings is 1. The normalized spacial score (nSPS) is 21.0. The molecule has 4 nitrogen and oxygen atoms in total. The molecule has 5 heteroatoms. The quantitative estimate of drug-likeness (QED) is 0.781. The van der Waals surface area contributed by atoms with Crippen LogP contribution in [-0.2, 0) is 11.3 Å². The number of carbonyl (C=O) groups excluding carboxylic acids is 1. The number of nitrogens with zero attached hydrogens (tertiary/aromatic N) is 1. The van der Waals surface area contributed by atoms with Gasteiger partial charge < -0.3 is 10.3 Å². The topological polar surface area (TPSA) is 57.8 Å². The van der Waals surface area contributed by atoms with Crippen LogP contribution in [0.2, 0.25) is 0 Å². The van der Waals surface area contributed by atoms with Gasteiger partial charge in [-0.1, -0.05) is 0 Å². The third-order valence-corrected chi connectivity index (χ3v) is 3.61. The molecule has 1 amide bonds. The first-order valence-electron chi connectivity index (χ1n) is 4.73. The van der Waals surface area contributed by atoms with Gasteiger partial charge in [-0.15, -0.1) is 11.8 Å². The fourth-order valence-electron chi connectivity index (χ4n) is 1.46. The molecule has 2 rings (SSSR count). The number of nitrogens with one attached hydrogen (secondary N) is 2. The van der Waals surface area contributed by atoms with E-state index < -0.39 is 0 Å². The molecule has 1 aliphatic rings. The zero-order chi connectivity index (χ0) is 9.80. The Bertz CT molecular complexity index is 293. The third-order valence-electron chi connectivity index (χ3n) is 2.23. The third kappa shape index (κ3) is 2.29. The van der Waals surface area contributed by atoms with Crippen molar-refractivity contribution in [1.29, 1.82) is 0 Å². The molecule has 1 saturated heterocycles. The summed E-state index contributed by atoms with van der Waals surface area (Å²) in [5, 5.41) is 3.06. The minimum Gasteiger partial charge on any atom is -0.350 e. The second-order valence-electron chi connectivity index (χ2n) is 3.30. The fraction of sp³-hybridized carbons (Fsp3) is 0.556. The highest BCUT2D eigenvalue weighted by Gasteiger charge is 2.22. The Labute approximate surface area is 86.9 Å². The first kappa shape index (κ1) is 9.58. The zero-order valence-corrected chi connectivity index (χ0v) is 8.64. The monoisotopic (exact) mass is 211 g/mol. The van der Waals surface area contributed by atoms with E-state index in [2.05, 4.69) is 15.3 Å². The molecule has 0 aliphatic carbocycles. The van der Waals surface area contributed by atoms with E-state index in [4.69, 9.17) is 0 Å². The van der Waals surface area contributed by atoms with Gasteiger partial charge in [0, 0.05) is 6.20 Å². The van der Waals surface area contributed by atoms with Crippen molar-refractivity contribution in [3.8, 4) is 0 Å². The van der Waals surface area contributed by atoms with E-state index in [0.717, 1.165) is 24.3 Å². The minimum absolute atomic E-state index is 0.155. The van der Waals surface area contributed by atoms with Gasteiger partial charge in [0.15, 0.2) is 0 Å². The van der Waals surface area contributed by atoms with E-state index in [1.165, 1.54) is 0 Å². The van der Waals surface area contributed by atoms with Gasteiger partial charge in [-0.25, -0.2) is 4.98 Å². The number of carbonyl (C=O) groups is 1. The Balaban J connectivity index is 1.77. The van der Waals surface area contributed by atoms with Gasteiger partial charge >= 0.3 is 0 Å². The van der Waals surface area contributed by atoms with Crippen molar-refractivity contribution in [3.63, 3.8) is 0 Å². The maximum atomic E-state index is 11.6. The molecule has 14 heavy (non-hydrogen) atoms. The lowest BCUT2D eigenvalue weighted by Gasteiger charge is -2.08. The summed E-state index contributed by atoms with van der Waals surface area (Å²) in [5.41, 5.74) is 0.946. The average molecular weight is 211 g/mol. The summed E-state index contributed by atoms with van der Waals surface area (Å²) in [6.07, 6.45) is 5.51. The summed E-state index contributed by atoms with van der Waals surface area (Å²) in [6.45, 7) is 0.551. The Kier molecular flexibility index (Phi) is 3.08. The van der Waals surface area contributed by atoms with Crippen molar-refractivity contribution in [1.82, 2.24) is 15.3 Å². The highest BCUT2D eigenvalue weighted by molar-refractivity contribution is 8.00. The van der Waals surface area contributed by atoms with Crippen LogP contribution in [0, 0.1) is 0 Å². The summed E-state index contributed by atoms with van der Waals surface area (Å²) >= 11 is 1.75. The highest BCUT2D eigenvalue weighted by atomic mass is 32.2. The van der Waals surface area contributed by atoms with Crippen LogP contribution in [0.25, 0.3) is 0 Å². The molecule has 1 atom stereocenters. The molecular weight excluding hydrogens is 198 g/mol. The molecule has 0 saturated carbocycles. The van der Waals surface area contributed by atoms with Gasteiger partial charge in [0.1, 0.15) is 0 Å². The largest absolute Gasteiger partial charge is 0.350 e. The molecule has 1 aromatic heterocycles. The molecule has 0 spiro atoms. The van der Waals surface area contributed by atoms with Gasteiger partial charge in [-0.3, -0.25) is 4.79 Å². The Morgan fingerprint density at radius 2 is 2.71 bits per heavy atom. The Morgan fingerprint density at radius 3 is 3.36 bits per heavy atom. The van der Waals surface area contributed by atoms with Gasteiger partial charge in [0.05, 0.1) is 23.8 Å². The van der Waals surface area contributed by atoms with Crippen molar-refractivity contribution in [2.75, 3.05) is 5.75 Å². The zero-order valence-electron chi connectivity index (χ0n) is 7.82. The standard InChI is InChI=1S/C9H13N3OS/c13-9(8-2-1-3-14-8)11-5-7-4-10-6-12-7/h4,6,8H,1-3,5H2,(H,10,12)(H,11,13). The van der Waals surface area contributed by atoms with Gasteiger partial charge in [-0.05, 0) is 18.6 Å². The molecule has 76 valence electrons. The van der Waals surface area contributed by atoms with E-state index in [9.17, 15) is 4.79 Å². The second kappa shape index (κ2) is 4.50. The van der Waals surface area contributed by atoms with E-state index in [-0.39, 0.29) is 11.2 Å². The second-order valence-corrected chi connectivity index (χ2v) is 4.61. The lowest BCUT2D eigenvalue weighted by atomic mass is 10.2. The van der Waals surface area contributed by atoms with Gasteiger partial charge in [0.2, 0.25) is 5.91 Å². The molecule has 2 heterocycles. The van der Waals surface area contributed by atoms with E-state index in [1.807, 2.05) is 0 Å². The summed E-state index contributed by atoms with van der Waals surface area (Å²) in [7, 11) is 0. The molecule has 0 bridgehead atoms. The number of aromatic amines is 1. The first-order valence-corrected chi connectivity index (χ1v) is 5.78. The van der Waals surface area contributed by atoms with Crippen molar-refractivity contribution in [2.45, 2.75) is 24.6 Å². The van der Waals surface area contributed by atoms with Crippen LogP contribution in [0.15, 0.2) is 12.5 Å². The summed E-state index contributed by atoms with van der Waals surface area (Å²) in [5.74, 6) is 1.27. The number of thioether (sulfide) groups is 1. The number of hydrogen-bond donors (Lipinski definition) is 2. The molecule has 1 aliphatic heterocycles. The lowest BCUT2D eigenvalue weighted by Crippen LogP contribution is -2.30. The minimum atomic E-state index is 0.155. The van der Waals surface area contributed by atoms with E-state index in [1.54, 1.807) is 24.3 Å². The molecule has 1 fully saturated rings. The smallest absolute Gasteiger partial charge is 0.233 e. The summed E-state index contributed by atoms with van der Waals surface area (Å²) in [6, 6.07) is 0. The maximum Gasteiger partial charge on any atom is 0.233 e. The molecule has 1 unspecified atom stereocenters. The van der Waals surface area contributed by atoms with Gasteiger partial charge in [0.25, 0.3) is 0 Å². The van der Waals surface area contributed by atoms with Crippen LogP contribution < -0.4 is 5.32 Å². The average Bonchev–Trinajstić information content (AvgIpc) is 2.87. The van der Waals surface area contributed by atoms with E-state index >= 15 is 0 Å². The lowest BCUT2D eigenvalue weighted by molar-refractivity contribution is -0.120. The van der Waals surface area contributed by atoms with Crippen LogP contribution in [-0.4, -0.2) is 26.9 Å². The number of rotatable bonds is 3. The molecule has 0 aromatic carbocycles. The van der Waals surface area contributed by atoms with Crippen molar-refractivity contribution < 1.29 is 4.79 Å². The van der Waals surface area contributed by atoms with E-state index in [0.29, 0.717) is 6.54 Å². The van der Waals surface area contributed by atoms with Crippen LogP contribution in [0.4, 0.5) is 0 Å². The summed E-state index contributed by atoms with van der Waals surface area (Å²) in [4.78, 5) is 18.4. The predicted molar refractivity (Wildman–Crippen MR) is 55.9 cm³/mol. The highest BCUT2D eigenvalue weighted by Crippen LogP contribution is 2.25. The van der Waals surface area contributed by atoms with Crippen LogP contribution in [0.1, 0.15) is 18.5 Å². The van der Waals surface area contributed by atoms with Crippen LogP contribution in [0.3, 0.4) is 0 Å². The Hall–Kier alpha value is -0.970. The van der Waals surface area contributed by atoms with Crippen LogP contribution in [0.5, 0.6) is 0 Å². The number of H-pyrrole nitrogens is 1. The molecule has 2 N–H and O–H groups in total. The number of aromatic nitrogens is 2. The molecular formula is C9H13N3OS. The van der Waals surface area contributed by atoms with Crippen molar-refractivity contribution in [3.05, 3.63) is 18.2 Å². The number of hydrogen-bond acceptors (Lipinski definition) is 3. The molecule has 1 aromatic rings. The molecule has 0 radical (unpaired) electrons.